The van der Waals surface area contributed by atoms with Crippen LogP contribution in [0.25, 0.3) is 0 Å². The zero-order chi connectivity index (χ0) is 16.7. The van der Waals surface area contributed by atoms with Crippen molar-refractivity contribution in [2.75, 3.05) is 13.6 Å². The van der Waals surface area contributed by atoms with Crippen LogP contribution in [-0.2, 0) is 20.9 Å². The predicted molar refractivity (Wildman–Crippen MR) is 85.6 cm³/mol. The molecule has 0 aliphatic heterocycles. The van der Waals surface area contributed by atoms with Crippen molar-refractivity contribution in [1.29, 1.82) is 0 Å². The van der Waals surface area contributed by atoms with Crippen LogP contribution in [0.4, 0.5) is 0 Å². The quantitative estimate of drug-likeness (QED) is 0.553. The summed E-state index contributed by atoms with van der Waals surface area (Å²) in [6, 6.07) is 13.5. The Morgan fingerprint density at radius 1 is 1.17 bits per heavy atom. The highest BCUT2D eigenvalue weighted by Crippen LogP contribution is 2.20. The van der Waals surface area contributed by atoms with Crippen LogP contribution < -0.4 is 0 Å². The number of likely N-dealkylation sites (N-methyl/N-ethyl adjacent to an activating group) is 1. The van der Waals surface area contributed by atoms with Gasteiger partial charge in [-0.15, -0.1) is 0 Å². The summed E-state index contributed by atoms with van der Waals surface area (Å²) in [6.07, 6.45) is 0.781. The maximum atomic E-state index is 11.8. The molecule has 122 valence electrons. The number of hydrogen-bond donors (Lipinski definition) is 0. The van der Waals surface area contributed by atoms with Crippen LogP contribution in [0, 0.1) is 0 Å². The lowest BCUT2D eigenvalue weighted by Crippen LogP contribution is -2.27. The fourth-order valence-corrected chi connectivity index (χ4v) is 2.31. The fraction of sp³-hybridized carbons (Fsp3) is 0.333. The van der Waals surface area contributed by atoms with Gasteiger partial charge in [0.05, 0.1) is 6.26 Å². The van der Waals surface area contributed by atoms with Crippen LogP contribution >= 0.6 is 0 Å². The molecule has 2 aromatic rings. The lowest BCUT2D eigenvalue weighted by Gasteiger charge is -2.23. The first kappa shape index (κ1) is 17.0. The number of carbonyl (C=O) groups excluding carboxylic acids is 2. The number of furan rings is 1. The SMILES string of the molecule is CC(=O)CC(=O)OC(CN(C)Cc1ccccc1)c1ccco1. The van der Waals surface area contributed by atoms with Crippen molar-refractivity contribution < 1.29 is 18.7 Å². The number of nitrogens with zero attached hydrogens (tertiary/aromatic N) is 1. The molecule has 0 saturated carbocycles. The summed E-state index contributed by atoms with van der Waals surface area (Å²) >= 11 is 0. The molecule has 5 heteroatoms. The molecular formula is C18H21NO4. The van der Waals surface area contributed by atoms with Gasteiger partial charge < -0.3 is 9.15 Å². The van der Waals surface area contributed by atoms with Crippen molar-refractivity contribution in [2.24, 2.45) is 0 Å². The average molecular weight is 315 g/mol. The van der Waals surface area contributed by atoms with Crippen molar-refractivity contribution in [1.82, 2.24) is 4.90 Å². The van der Waals surface area contributed by atoms with Gasteiger partial charge in [0.2, 0.25) is 0 Å². The Morgan fingerprint density at radius 3 is 2.52 bits per heavy atom. The fourth-order valence-electron chi connectivity index (χ4n) is 2.31. The Kier molecular flexibility index (Phi) is 6.11. The van der Waals surface area contributed by atoms with Crippen molar-refractivity contribution in [3.8, 4) is 0 Å². The predicted octanol–water partition coefficient (Wildman–Crippen LogP) is 2.98. The lowest BCUT2D eigenvalue weighted by atomic mass is 10.2. The molecule has 0 saturated heterocycles. The van der Waals surface area contributed by atoms with Gasteiger partial charge in [0, 0.05) is 13.1 Å². The van der Waals surface area contributed by atoms with Gasteiger partial charge in [0.1, 0.15) is 18.0 Å². The number of Topliss-reactive ketones (excluding diaryl/α,β-unsaturated/α-hetero) is 1. The molecule has 0 bridgehead atoms. The van der Waals surface area contributed by atoms with E-state index in [4.69, 9.17) is 9.15 Å². The third-order valence-electron chi connectivity index (χ3n) is 3.30. The third-order valence-corrected chi connectivity index (χ3v) is 3.30. The molecule has 0 spiro atoms. The highest BCUT2D eigenvalue weighted by Gasteiger charge is 2.22. The first-order valence-corrected chi connectivity index (χ1v) is 7.49. The highest BCUT2D eigenvalue weighted by molar-refractivity contribution is 5.94. The molecule has 0 fully saturated rings. The first-order valence-electron chi connectivity index (χ1n) is 7.49. The molecule has 2 rings (SSSR count). The van der Waals surface area contributed by atoms with E-state index in [0.29, 0.717) is 12.3 Å². The molecule has 1 heterocycles. The van der Waals surface area contributed by atoms with Crippen molar-refractivity contribution >= 4 is 11.8 Å². The lowest BCUT2D eigenvalue weighted by molar-refractivity contribution is -0.152. The Balaban J connectivity index is 2.00. The molecule has 1 aromatic carbocycles. The molecule has 5 nitrogen and oxygen atoms in total. The minimum absolute atomic E-state index is 0.217. The molecule has 23 heavy (non-hydrogen) atoms. The van der Waals surface area contributed by atoms with Gasteiger partial charge in [-0.05, 0) is 31.7 Å². The van der Waals surface area contributed by atoms with Crippen LogP contribution in [0.15, 0.2) is 53.1 Å². The van der Waals surface area contributed by atoms with E-state index in [1.807, 2.05) is 42.3 Å². The molecular weight excluding hydrogens is 294 g/mol. The zero-order valence-electron chi connectivity index (χ0n) is 13.4. The molecule has 0 amide bonds. The highest BCUT2D eigenvalue weighted by atomic mass is 16.6. The first-order chi connectivity index (χ1) is 11.0. The Morgan fingerprint density at radius 2 is 1.91 bits per heavy atom. The van der Waals surface area contributed by atoms with E-state index in [0.717, 1.165) is 6.54 Å². The number of ketones is 1. The minimum atomic E-state index is -0.537. The summed E-state index contributed by atoms with van der Waals surface area (Å²) < 4.78 is 10.8. The standard InChI is InChI=1S/C18H21NO4/c1-14(20)11-18(21)23-17(16-9-6-10-22-16)13-19(2)12-15-7-4-3-5-8-15/h3-10,17H,11-13H2,1-2H3. The topological polar surface area (TPSA) is 59.8 Å². The maximum Gasteiger partial charge on any atom is 0.314 e. The molecule has 1 unspecified atom stereocenters. The normalized spacial score (nSPS) is 12.1. The van der Waals surface area contributed by atoms with E-state index in [2.05, 4.69) is 0 Å². The maximum absolute atomic E-state index is 11.8. The summed E-state index contributed by atoms with van der Waals surface area (Å²) in [7, 11) is 1.95. The van der Waals surface area contributed by atoms with Crippen molar-refractivity contribution in [3.63, 3.8) is 0 Å². The second kappa shape index (κ2) is 8.29. The van der Waals surface area contributed by atoms with Gasteiger partial charge in [-0.2, -0.15) is 0 Å². The van der Waals surface area contributed by atoms with E-state index in [-0.39, 0.29) is 12.2 Å². The number of rotatable bonds is 8. The van der Waals surface area contributed by atoms with Gasteiger partial charge in [-0.3, -0.25) is 14.5 Å². The summed E-state index contributed by atoms with van der Waals surface area (Å²) in [6.45, 7) is 2.57. The van der Waals surface area contributed by atoms with Crippen LogP contribution in [-0.4, -0.2) is 30.2 Å². The molecule has 0 N–H and O–H groups in total. The minimum Gasteiger partial charge on any atom is -0.465 e. The van der Waals surface area contributed by atoms with Crippen LogP contribution in [0.1, 0.15) is 30.8 Å². The van der Waals surface area contributed by atoms with Gasteiger partial charge in [0.15, 0.2) is 6.10 Å². The van der Waals surface area contributed by atoms with E-state index in [9.17, 15) is 9.59 Å². The van der Waals surface area contributed by atoms with E-state index >= 15 is 0 Å². The molecule has 0 aliphatic carbocycles. The summed E-state index contributed by atoms with van der Waals surface area (Å²) in [5, 5.41) is 0. The number of hydrogen-bond acceptors (Lipinski definition) is 5. The summed E-state index contributed by atoms with van der Waals surface area (Å²) in [5.41, 5.74) is 1.17. The zero-order valence-corrected chi connectivity index (χ0v) is 13.4. The third kappa shape index (κ3) is 5.71. The van der Waals surface area contributed by atoms with Crippen LogP contribution in [0.3, 0.4) is 0 Å². The van der Waals surface area contributed by atoms with Gasteiger partial charge in [0.25, 0.3) is 0 Å². The Bertz CT molecular complexity index is 622. The van der Waals surface area contributed by atoms with Gasteiger partial charge >= 0.3 is 5.97 Å². The van der Waals surface area contributed by atoms with E-state index < -0.39 is 12.1 Å². The molecule has 1 atom stereocenters. The van der Waals surface area contributed by atoms with Crippen molar-refractivity contribution in [2.45, 2.75) is 26.0 Å². The summed E-state index contributed by atoms with van der Waals surface area (Å²) in [5.74, 6) is -0.181. The molecule has 0 radical (unpaired) electrons. The largest absolute Gasteiger partial charge is 0.465 e. The Labute approximate surface area is 135 Å². The number of benzene rings is 1. The van der Waals surface area contributed by atoms with Crippen LogP contribution in [0.5, 0.6) is 0 Å². The van der Waals surface area contributed by atoms with Crippen LogP contribution in [0.2, 0.25) is 0 Å². The number of esters is 1. The number of ether oxygens (including phenoxy) is 1. The second-order valence-electron chi connectivity index (χ2n) is 5.56. The smallest absolute Gasteiger partial charge is 0.314 e. The summed E-state index contributed by atoms with van der Waals surface area (Å²) in [4.78, 5) is 24.9. The average Bonchev–Trinajstić information content (AvgIpc) is 3.00. The van der Waals surface area contributed by atoms with E-state index in [1.54, 1.807) is 18.4 Å². The molecule has 1 aromatic heterocycles. The monoisotopic (exact) mass is 315 g/mol. The Hall–Kier alpha value is -2.40. The van der Waals surface area contributed by atoms with E-state index in [1.165, 1.54) is 12.5 Å². The second-order valence-corrected chi connectivity index (χ2v) is 5.56. The number of carbonyl (C=O) groups is 2. The molecule has 0 aliphatic rings. The van der Waals surface area contributed by atoms with Crippen molar-refractivity contribution in [3.05, 3.63) is 60.1 Å². The van der Waals surface area contributed by atoms with Gasteiger partial charge in [-0.25, -0.2) is 0 Å². The van der Waals surface area contributed by atoms with Gasteiger partial charge in [-0.1, -0.05) is 30.3 Å².